The van der Waals surface area contributed by atoms with Crippen LogP contribution in [0.2, 0.25) is 0 Å². The molecule has 0 spiro atoms. The van der Waals surface area contributed by atoms with E-state index in [1.54, 1.807) is 7.11 Å². The van der Waals surface area contributed by atoms with Crippen molar-refractivity contribution >= 4 is 0 Å². The number of methoxy groups -OCH3 is 1. The van der Waals surface area contributed by atoms with E-state index >= 15 is 0 Å². The molecule has 3 nitrogen and oxygen atoms in total. The third-order valence-electron chi connectivity index (χ3n) is 3.73. The molecular formula is C20H27NO2. The lowest BCUT2D eigenvalue weighted by atomic mass is 10.2. The third kappa shape index (κ3) is 6.33. The van der Waals surface area contributed by atoms with Gasteiger partial charge in [0.05, 0.1) is 13.7 Å². The smallest absolute Gasteiger partial charge is 0.119 e. The van der Waals surface area contributed by atoms with Crippen molar-refractivity contribution in [2.45, 2.75) is 39.3 Å². The van der Waals surface area contributed by atoms with E-state index in [-0.39, 0.29) is 0 Å². The zero-order valence-electron chi connectivity index (χ0n) is 14.2. The molecule has 2 aromatic rings. The summed E-state index contributed by atoms with van der Waals surface area (Å²) in [5, 5.41) is 3.46. The van der Waals surface area contributed by atoms with Crippen LogP contribution in [0.15, 0.2) is 48.5 Å². The molecule has 2 aromatic carbocycles. The van der Waals surface area contributed by atoms with Gasteiger partial charge in [-0.15, -0.1) is 0 Å². The van der Waals surface area contributed by atoms with Crippen LogP contribution in [0.25, 0.3) is 0 Å². The first-order valence-corrected chi connectivity index (χ1v) is 8.37. The van der Waals surface area contributed by atoms with Crippen molar-refractivity contribution in [1.82, 2.24) is 5.32 Å². The molecule has 0 heterocycles. The van der Waals surface area contributed by atoms with Gasteiger partial charge in [0.25, 0.3) is 0 Å². The molecule has 0 aliphatic heterocycles. The number of unbranched alkanes of at least 4 members (excludes halogenated alkanes) is 2. The van der Waals surface area contributed by atoms with E-state index < -0.39 is 0 Å². The first-order valence-electron chi connectivity index (χ1n) is 8.37. The van der Waals surface area contributed by atoms with E-state index in [0.717, 1.165) is 37.6 Å². The van der Waals surface area contributed by atoms with Gasteiger partial charge in [-0.05, 0) is 41.8 Å². The fraction of sp³-hybridized carbons (Fsp3) is 0.400. The maximum Gasteiger partial charge on any atom is 0.119 e. The van der Waals surface area contributed by atoms with Gasteiger partial charge in [0.1, 0.15) is 11.5 Å². The van der Waals surface area contributed by atoms with Crippen molar-refractivity contribution in [3.05, 3.63) is 59.7 Å². The second kappa shape index (κ2) is 9.90. The maximum absolute atomic E-state index is 5.80. The molecule has 0 unspecified atom stereocenters. The summed E-state index contributed by atoms with van der Waals surface area (Å²) >= 11 is 0. The summed E-state index contributed by atoms with van der Waals surface area (Å²) in [4.78, 5) is 0. The van der Waals surface area contributed by atoms with Gasteiger partial charge < -0.3 is 14.8 Å². The molecule has 0 aromatic heterocycles. The van der Waals surface area contributed by atoms with E-state index in [1.165, 1.54) is 24.0 Å². The average Bonchev–Trinajstić information content (AvgIpc) is 2.60. The Morgan fingerprint density at radius 1 is 0.870 bits per heavy atom. The van der Waals surface area contributed by atoms with Crippen molar-refractivity contribution in [3.63, 3.8) is 0 Å². The highest BCUT2D eigenvalue weighted by molar-refractivity contribution is 5.29. The number of nitrogens with one attached hydrogen (secondary N) is 1. The van der Waals surface area contributed by atoms with Gasteiger partial charge in [0.2, 0.25) is 0 Å². The van der Waals surface area contributed by atoms with Gasteiger partial charge in [0.15, 0.2) is 0 Å². The van der Waals surface area contributed by atoms with Gasteiger partial charge in [-0.1, -0.05) is 44.0 Å². The summed E-state index contributed by atoms with van der Waals surface area (Å²) in [6.45, 7) is 4.68. The molecule has 23 heavy (non-hydrogen) atoms. The molecule has 0 fully saturated rings. The summed E-state index contributed by atoms with van der Waals surface area (Å²) in [7, 11) is 1.69. The van der Waals surface area contributed by atoms with Crippen LogP contribution < -0.4 is 14.8 Å². The Labute approximate surface area is 139 Å². The Morgan fingerprint density at radius 2 is 1.65 bits per heavy atom. The zero-order valence-corrected chi connectivity index (χ0v) is 14.2. The van der Waals surface area contributed by atoms with Gasteiger partial charge in [-0.3, -0.25) is 0 Å². The molecule has 0 bridgehead atoms. The third-order valence-corrected chi connectivity index (χ3v) is 3.73. The predicted octanol–water partition coefficient (Wildman–Crippen LogP) is 4.55. The van der Waals surface area contributed by atoms with Crippen LogP contribution >= 0.6 is 0 Å². The van der Waals surface area contributed by atoms with Gasteiger partial charge in [-0.2, -0.15) is 0 Å². The van der Waals surface area contributed by atoms with Crippen LogP contribution in [0.4, 0.5) is 0 Å². The number of benzene rings is 2. The fourth-order valence-corrected chi connectivity index (χ4v) is 2.38. The topological polar surface area (TPSA) is 30.5 Å². The van der Waals surface area contributed by atoms with E-state index in [2.05, 4.69) is 42.6 Å². The Morgan fingerprint density at radius 3 is 2.39 bits per heavy atom. The standard InChI is InChI=1S/C20H27NO2/c1-3-4-5-13-23-20-8-6-7-18(14-20)16-21-15-17-9-11-19(22-2)12-10-17/h6-12,14,21H,3-5,13,15-16H2,1-2H3. The Hall–Kier alpha value is -2.00. The highest BCUT2D eigenvalue weighted by atomic mass is 16.5. The minimum Gasteiger partial charge on any atom is -0.497 e. The molecule has 2 rings (SSSR count). The average molecular weight is 313 g/mol. The molecular weight excluding hydrogens is 286 g/mol. The molecule has 0 atom stereocenters. The summed E-state index contributed by atoms with van der Waals surface area (Å²) in [6, 6.07) is 16.5. The van der Waals surface area contributed by atoms with Crippen molar-refractivity contribution in [3.8, 4) is 11.5 Å². The highest BCUT2D eigenvalue weighted by Crippen LogP contribution is 2.15. The second-order valence-corrected chi connectivity index (χ2v) is 5.65. The Bertz CT molecular complexity index is 566. The Kier molecular flexibility index (Phi) is 7.47. The maximum atomic E-state index is 5.80. The lowest BCUT2D eigenvalue weighted by Gasteiger charge is -2.09. The molecule has 0 radical (unpaired) electrons. The van der Waals surface area contributed by atoms with Crippen molar-refractivity contribution < 1.29 is 9.47 Å². The Balaban J connectivity index is 1.76. The molecule has 3 heteroatoms. The number of ether oxygens (including phenoxy) is 2. The minimum atomic E-state index is 0.802. The molecule has 0 aliphatic rings. The van der Waals surface area contributed by atoms with Crippen molar-refractivity contribution in [1.29, 1.82) is 0 Å². The molecule has 124 valence electrons. The lowest BCUT2D eigenvalue weighted by molar-refractivity contribution is 0.306. The first-order chi connectivity index (χ1) is 11.3. The second-order valence-electron chi connectivity index (χ2n) is 5.65. The predicted molar refractivity (Wildman–Crippen MR) is 95.0 cm³/mol. The normalized spacial score (nSPS) is 10.5. The van der Waals surface area contributed by atoms with E-state index in [4.69, 9.17) is 9.47 Å². The number of rotatable bonds is 10. The monoisotopic (exact) mass is 313 g/mol. The van der Waals surface area contributed by atoms with E-state index in [1.807, 2.05) is 18.2 Å². The SMILES string of the molecule is CCCCCOc1cccc(CNCc2ccc(OC)cc2)c1. The quantitative estimate of drug-likeness (QED) is 0.653. The molecule has 0 amide bonds. The number of hydrogen-bond acceptors (Lipinski definition) is 3. The van der Waals surface area contributed by atoms with Crippen molar-refractivity contribution in [2.24, 2.45) is 0 Å². The summed E-state index contributed by atoms with van der Waals surface area (Å²) in [5.41, 5.74) is 2.49. The molecule has 1 N–H and O–H groups in total. The zero-order chi connectivity index (χ0) is 16.3. The molecule has 0 aliphatic carbocycles. The van der Waals surface area contributed by atoms with E-state index in [0.29, 0.717) is 0 Å². The lowest BCUT2D eigenvalue weighted by Crippen LogP contribution is -2.12. The van der Waals surface area contributed by atoms with E-state index in [9.17, 15) is 0 Å². The largest absolute Gasteiger partial charge is 0.497 e. The molecule has 0 saturated heterocycles. The first kappa shape index (κ1) is 17.4. The van der Waals surface area contributed by atoms with Gasteiger partial charge in [-0.25, -0.2) is 0 Å². The summed E-state index contributed by atoms with van der Waals surface area (Å²) < 4.78 is 11.0. The van der Waals surface area contributed by atoms with Gasteiger partial charge >= 0.3 is 0 Å². The van der Waals surface area contributed by atoms with Crippen LogP contribution in [-0.2, 0) is 13.1 Å². The summed E-state index contributed by atoms with van der Waals surface area (Å²) in [6.07, 6.45) is 3.57. The molecule has 0 saturated carbocycles. The minimum absolute atomic E-state index is 0.802. The van der Waals surface area contributed by atoms with Crippen LogP contribution in [0.1, 0.15) is 37.3 Å². The van der Waals surface area contributed by atoms with Crippen molar-refractivity contribution in [2.75, 3.05) is 13.7 Å². The number of hydrogen-bond donors (Lipinski definition) is 1. The highest BCUT2D eigenvalue weighted by Gasteiger charge is 1.99. The van der Waals surface area contributed by atoms with Crippen LogP contribution in [0.5, 0.6) is 11.5 Å². The van der Waals surface area contributed by atoms with Crippen LogP contribution in [-0.4, -0.2) is 13.7 Å². The summed E-state index contributed by atoms with van der Waals surface area (Å²) in [5.74, 6) is 1.85. The van der Waals surface area contributed by atoms with Crippen LogP contribution in [0, 0.1) is 0 Å². The van der Waals surface area contributed by atoms with Crippen LogP contribution in [0.3, 0.4) is 0 Å². The fourth-order valence-electron chi connectivity index (χ4n) is 2.38. The van der Waals surface area contributed by atoms with Gasteiger partial charge in [0, 0.05) is 13.1 Å².